The fourth-order valence-electron chi connectivity index (χ4n) is 3.91. The minimum absolute atomic E-state index is 0.350. The van der Waals surface area contributed by atoms with E-state index >= 15 is 0 Å². The van der Waals surface area contributed by atoms with Gasteiger partial charge >= 0.3 is 0 Å². The van der Waals surface area contributed by atoms with Crippen LogP contribution >= 0.6 is 0 Å². The molecular formula is C19H22N2O2S. The number of anilines is 1. The average Bonchev–Trinajstić information content (AvgIpc) is 2.81. The van der Waals surface area contributed by atoms with E-state index in [1.807, 2.05) is 18.2 Å². The van der Waals surface area contributed by atoms with E-state index in [1.165, 1.54) is 0 Å². The molecule has 1 unspecified atom stereocenters. The highest BCUT2D eigenvalue weighted by Crippen LogP contribution is 2.42. The van der Waals surface area contributed by atoms with Gasteiger partial charge in [0, 0.05) is 23.7 Å². The maximum atomic E-state index is 12.9. The fourth-order valence-corrected chi connectivity index (χ4v) is 5.23. The lowest BCUT2D eigenvalue weighted by molar-refractivity contribution is 0.511. The van der Waals surface area contributed by atoms with Gasteiger partial charge in [-0.15, -0.1) is 0 Å². The predicted octanol–water partition coefficient (Wildman–Crippen LogP) is 3.17. The van der Waals surface area contributed by atoms with Crippen LogP contribution in [-0.2, 0) is 9.84 Å². The summed E-state index contributed by atoms with van der Waals surface area (Å²) in [5.41, 5.74) is 2.23. The van der Waals surface area contributed by atoms with Crippen molar-refractivity contribution in [1.82, 2.24) is 5.32 Å². The Hall–Kier alpha value is -1.85. The largest absolute Gasteiger partial charge is 0.381 e. The molecule has 2 aliphatic rings. The van der Waals surface area contributed by atoms with Crippen molar-refractivity contribution in [2.45, 2.75) is 47.6 Å². The third-order valence-corrected chi connectivity index (χ3v) is 6.94. The molecule has 0 amide bonds. The zero-order valence-electron chi connectivity index (χ0n) is 13.7. The molecule has 2 N–H and O–H groups in total. The first kappa shape index (κ1) is 15.7. The molecule has 1 saturated heterocycles. The maximum Gasteiger partial charge on any atom is 0.206 e. The molecule has 1 fully saturated rings. The second-order valence-electron chi connectivity index (χ2n) is 6.80. The molecule has 0 aromatic heterocycles. The lowest BCUT2D eigenvalue weighted by Gasteiger charge is -2.18. The number of fused-ring (bicyclic) bond motifs is 3. The zero-order valence-corrected chi connectivity index (χ0v) is 14.5. The van der Waals surface area contributed by atoms with Gasteiger partial charge in [0.2, 0.25) is 9.84 Å². The standard InChI is InChI=1S/C19H22N2O2S/c1-13-11-16-17-12-15(24(22,23)14-5-3-2-4-6-14)7-8-18(17)21-19(16)9-10-20-13/h2-8,12-13,16,19-21H,9-11H2,1H3/t13?,16-,19-/m1/s1. The van der Waals surface area contributed by atoms with Gasteiger partial charge in [-0.25, -0.2) is 8.42 Å². The van der Waals surface area contributed by atoms with E-state index in [2.05, 4.69) is 17.6 Å². The zero-order chi connectivity index (χ0) is 16.7. The number of rotatable bonds is 2. The van der Waals surface area contributed by atoms with Crippen molar-refractivity contribution >= 4 is 15.5 Å². The second kappa shape index (κ2) is 5.90. The number of benzene rings is 2. The predicted molar refractivity (Wildman–Crippen MR) is 95.2 cm³/mol. The third-order valence-electron chi connectivity index (χ3n) is 5.17. The Bertz CT molecular complexity index is 849. The summed E-state index contributed by atoms with van der Waals surface area (Å²) in [5, 5.41) is 7.10. The first-order valence-corrected chi connectivity index (χ1v) is 9.98. The summed E-state index contributed by atoms with van der Waals surface area (Å²) < 4.78 is 25.8. The van der Waals surface area contributed by atoms with Gasteiger partial charge in [0.15, 0.2) is 0 Å². The molecule has 0 radical (unpaired) electrons. The molecule has 4 nitrogen and oxygen atoms in total. The lowest BCUT2D eigenvalue weighted by Crippen LogP contribution is -2.25. The van der Waals surface area contributed by atoms with Crippen molar-refractivity contribution in [1.29, 1.82) is 0 Å². The van der Waals surface area contributed by atoms with Crippen LogP contribution in [0.15, 0.2) is 58.3 Å². The van der Waals surface area contributed by atoms with Gasteiger partial charge in [0.1, 0.15) is 0 Å². The SMILES string of the molecule is CC1C[C@@H]2c3cc(S(=O)(=O)c4ccccc4)ccc3N[C@@H]2CCN1. The highest BCUT2D eigenvalue weighted by Gasteiger charge is 2.35. The summed E-state index contributed by atoms with van der Waals surface area (Å²) in [4.78, 5) is 0.739. The normalized spacial score (nSPS) is 26.1. The maximum absolute atomic E-state index is 12.9. The summed E-state index contributed by atoms with van der Waals surface area (Å²) in [6.07, 6.45) is 2.09. The Balaban J connectivity index is 1.75. The number of hydrogen-bond donors (Lipinski definition) is 2. The van der Waals surface area contributed by atoms with Gasteiger partial charge < -0.3 is 10.6 Å². The van der Waals surface area contributed by atoms with E-state index in [1.54, 1.807) is 30.3 Å². The topological polar surface area (TPSA) is 58.2 Å². The van der Waals surface area contributed by atoms with Gasteiger partial charge in [-0.1, -0.05) is 18.2 Å². The molecule has 0 saturated carbocycles. The molecule has 5 heteroatoms. The molecule has 3 atom stereocenters. The summed E-state index contributed by atoms with van der Waals surface area (Å²) in [7, 11) is -3.46. The van der Waals surface area contributed by atoms with E-state index in [9.17, 15) is 8.42 Å². The monoisotopic (exact) mass is 342 g/mol. The number of sulfone groups is 1. The van der Waals surface area contributed by atoms with Crippen molar-refractivity contribution in [3.05, 3.63) is 54.1 Å². The van der Waals surface area contributed by atoms with Crippen LogP contribution in [0.2, 0.25) is 0 Å². The Morgan fingerprint density at radius 1 is 1.04 bits per heavy atom. The van der Waals surface area contributed by atoms with Crippen molar-refractivity contribution in [2.24, 2.45) is 0 Å². The van der Waals surface area contributed by atoms with E-state index in [4.69, 9.17) is 0 Å². The number of nitrogens with one attached hydrogen (secondary N) is 2. The van der Waals surface area contributed by atoms with Crippen molar-refractivity contribution in [3.63, 3.8) is 0 Å². The molecule has 4 rings (SSSR count). The van der Waals surface area contributed by atoms with E-state index in [-0.39, 0.29) is 0 Å². The van der Waals surface area contributed by atoms with Crippen LogP contribution < -0.4 is 10.6 Å². The average molecular weight is 342 g/mol. The van der Waals surface area contributed by atoms with Crippen molar-refractivity contribution in [2.75, 3.05) is 11.9 Å². The van der Waals surface area contributed by atoms with Crippen LogP contribution in [0.25, 0.3) is 0 Å². The second-order valence-corrected chi connectivity index (χ2v) is 8.75. The Labute approximate surface area is 143 Å². The van der Waals surface area contributed by atoms with Crippen LogP contribution in [0, 0.1) is 0 Å². The third kappa shape index (κ3) is 2.62. The van der Waals surface area contributed by atoms with Crippen LogP contribution in [0.5, 0.6) is 0 Å². The first-order valence-electron chi connectivity index (χ1n) is 8.50. The summed E-state index contributed by atoms with van der Waals surface area (Å²) >= 11 is 0. The van der Waals surface area contributed by atoms with E-state index in [0.29, 0.717) is 27.8 Å². The molecule has 2 heterocycles. The van der Waals surface area contributed by atoms with Gasteiger partial charge in [-0.05, 0) is 62.2 Å². The molecule has 0 bridgehead atoms. The van der Waals surface area contributed by atoms with Crippen molar-refractivity contribution < 1.29 is 8.42 Å². The van der Waals surface area contributed by atoms with Crippen molar-refractivity contribution in [3.8, 4) is 0 Å². The molecule has 126 valence electrons. The van der Waals surface area contributed by atoms with Gasteiger partial charge in [-0.2, -0.15) is 0 Å². The minimum Gasteiger partial charge on any atom is -0.381 e. The molecular weight excluding hydrogens is 320 g/mol. The molecule has 2 aromatic rings. The fraction of sp³-hybridized carbons (Fsp3) is 0.368. The smallest absolute Gasteiger partial charge is 0.206 e. The molecule has 0 aliphatic carbocycles. The van der Waals surface area contributed by atoms with E-state index in [0.717, 1.165) is 30.6 Å². The van der Waals surface area contributed by atoms with Gasteiger partial charge in [0.05, 0.1) is 9.79 Å². The Kier molecular flexibility index (Phi) is 3.85. The molecule has 2 aromatic carbocycles. The quantitative estimate of drug-likeness (QED) is 0.880. The molecule has 2 aliphatic heterocycles. The van der Waals surface area contributed by atoms with Crippen LogP contribution in [0.1, 0.15) is 31.2 Å². The summed E-state index contributed by atoms with van der Waals surface area (Å²) in [5.74, 6) is 0.371. The van der Waals surface area contributed by atoms with Crippen LogP contribution in [-0.4, -0.2) is 27.0 Å². The lowest BCUT2D eigenvalue weighted by atomic mass is 9.89. The summed E-state index contributed by atoms with van der Waals surface area (Å²) in [6, 6.07) is 15.0. The minimum atomic E-state index is -3.46. The summed E-state index contributed by atoms with van der Waals surface area (Å²) in [6.45, 7) is 3.20. The first-order chi connectivity index (χ1) is 11.6. The Morgan fingerprint density at radius 2 is 1.83 bits per heavy atom. The Morgan fingerprint density at radius 3 is 2.62 bits per heavy atom. The van der Waals surface area contributed by atoms with Crippen LogP contribution in [0.4, 0.5) is 5.69 Å². The van der Waals surface area contributed by atoms with Gasteiger partial charge in [0.25, 0.3) is 0 Å². The number of hydrogen-bond acceptors (Lipinski definition) is 4. The van der Waals surface area contributed by atoms with Crippen LogP contribution in [0.3, 0.4) is 0 Å². The highest BCUT2D eigenvalue weighted by atomic mass is 32.2. The highest BCUT2D eigenvalue weighted by molar-refractivity contribution is 7.91. The molecule has 0 spiro atoms. The van der Waals surface area contributed by atoms with E-state index < -0.39 is 9.84 Å². The molecule has 24 heavy (non-hydrogen) atoms. The van der Waals surface area contributed by atoms with Gasteiger partial charge in [-0.3, -0.25) is 0 Å².